The van der Waals surface area contributed by atoms with Crippen molar-refractivity contribution in [3.63, 3.8) is 0 Å². The van der Waals surface area contributed by atoms with Crippen molar-refractivity contribution in [2.75, 3.05) is 29.9 Å². The van der Waals surface area contributed by atoms with Gasteiger partial charge in [-0.2, -0.15) is 5.26 Å². The van der Waals surface area contributed by atoms with Crippen molar-refractivity contribution in [3.8, 4) is 6.07 Å². The standard InChI is InChI=1S/C28H32N6O3/c1-19-10-8-12-21(16-19)30-28(37)32-26-27(36)34(18-24(35)33-14-6-4-3-5-7-15-33)25-20(2)11-9-13-22(25)23(17-29)31-26/h8-13,16,26H,3-7,14-15,18H2,1-2H3,(H2,30,32,37). The number of amides is 4. The fourth-order valence-corrected chi connectivity index (χ4v) is 4.81. The summed E-state index contributed by atoms with van der Waals surface area (Å²) >= 11 is 0. The number of rotatable bonds is 4. The van der Waals surface area contributed by atoms with E-state index in [1.165, 1.54) is 11.3 Å². The van der Waals surface area contributed by atoms with Gasteiger partial charge < -0.3 is 15.5 Å². The molecule has 0 spiro atoms. The molecule has 0 bridgehead atoms. The third-order valence-electron chi connectivity index (χ3n) is 6.67. The van der Waals surface area contributed by atoms with Crippen molar-refractivity contribution >= 4 is 34.9 Å². The number of nitriles is 1. The third-order valence-corrected chi connectivity index (χ3v) is 6.67. The van der Waals surface area contributed by atoms with Crippen LogP contribution in [-0.2, 0) is 9.59 Å². The van der Waals surface area contributed by atoms with E-state index in [1.54, 1.807) is 24.3 Å². The van der Waals surface area contributed by atoms with Crippen LogP contribution in [0.25, 0.3) is 0 Å². The molecule has 0 aliphatic carbocycles. The summed E-state index contributed by atoms with van der Waals surface area (Å²) in [5, 5.41) is 15.2. The molecule has 0 radical (unpaired) electrons. The van der Waals surface area contributed by atoms with Crippen molar-refractivity contribution in [3.05, 3.63) is 59.2 Å². The largest absolute Gasteiger partial charge is 0.341 e. The number of nitrogens with zero attached hydrogens (tertiary/aromatic N) is 4. The molecule has 2 aliphatic heterocycles. The van der Waals surface area contributed by atoms with E-state index < -0.39 is 18.1 Å². The molecule has 1 unspecified atom stereocenters. The first kappa shape index (κ1) is 25.9. The molecule has 4 rings (SSSR count). The number of hydrogen-bond acceptors (Lipinski definition) is 5. The highest BCUT2D eigenvalue weighted by Gasteiger charge is 2.35. The molecule has 2 aromatic carbocycles. The van der Waals surface area contributed by atoms with E-state index in [-0.39, 0.29) is 18.2 Å². The lowest BCUT2D eigenvalue weighted by molar-refractivity contribution is -0.132. The van der Waals surface area contributed by atoms with E-state index in [0.29, 0.717) is 30.0 Å². The second-order valence-corrected chi connectivity index (χ2v) is 9.50. The first-order valence-corrected chi connectivity index (χ1v) is 12.7. The number of carbonyl (C=O) groups excluding carboxylic acids is 3. The summed E-state index contributed by atoms with van der Waals surface area (Å²) in [4.78, 5) is 47.5. The summed E-state index contributed by atoms with van der Waals surface area (Å²) in [5.74, 6) is -0.728. The molecule has 2 heterocycles. The Bertz CT molecular complexity index is 1260. The van der Waals surface area contributed by atoms with E-state index >= 15 is 0 Å². The molecule has 37 heavy (non-hydrogen) atoms. The van der Waals surface area contributed by atoms with Crippen LogP contribution in [0, 0.1) is 25.2 Å². The maximum atomic E-state index is 13.8. The second-order valence-electron chi connectivity index (χ2n) is 9.50. The van der Waals surface area contributed by atoms with Gasteiger partial charge in [0, 0.05) is 24.3 Å². The van der Waals surface area contributed by atoms with E-state index in [0.717, 1.165) is 36.8 Å². The summed E-state index contributed by atoms with van der Waals surface area (Å²) in [5.41, 5.74) is 3.21. The quantitative estimate of drug-likeness (QED) is 0.662. The lowest BCUT2D eigenvalue weighted by Crippen LogP contribution is -2.52. The number of benzodiazepines with no additional fused rings is 1. The highest BCUT2D eigenvalue weighted by Crippen LogP contribution is 2.29. The van der Waals surface area contributed by atoms with E-state index in [9.17, 15) is 19.6 Å². The number of para-hydroxylation sites is 1. The number of anilines is 2. The molecule has 4 amide bonds. The number of likely N-dealkylation sites (tertiary alicyclic amines) is 1. The van der Waals surface area contributed by atoms with Crippen LogP contribution in [0.2, 0.25) is 0 Å². The van der Waals surface area contributed by atoms with Gasteiger partial charge in [-0.15, -0.1) is 0 Å². The average Bonchev–Trinajstić information content (AvgIpc) is 2.94. The lowest BCUT2D eigenvalue weighted by Gasteiger charge is -2.30. The zero-order valence-electron chi connectivity index (χ0n) is 21.3. The van der Waals surface area contributed by atoms with Crippen molar-refractivity contribution in [1.82, 2.24) is 10.2 Å². The molecule has 9 heteroatoms. The summed E-state index contributed by atoms with van der Waals surface area (Å²) in [6.07, 6.45) is 3.82. The Labute approximate surface area is 217 Å². The van der Waals surface area contributed by atoms with Crippen LogP contribution in [0.4, 0.5) is 16.2 Å². The van der Waals surface area contributed by atoms with Gasteiger partial charge in [-0.3, -0.25) is 14.5 Å². The Morgan fingerprint density at radius 3 is 2.46 bits per heavy atom. The van der Waals surface area contributed by atoms with E-state index in [4.69, 9.17) is 0 Å². The predicted octanol–water partition coefficient (Wildman–Crippen LogP) is 3.90. The van der Waals surface area contributed by atoms with Crippen molar-refractivity contribution in [2.24, 2.45) is 4.99 Å². The molecule has 2 aromatic rings. The smallest absolute Gasteiger partial charge is 0.321 e. The van der Waals surface area contributed by atoms with Crippen molar-refractivity contribution in [1.29, 1.82) is 5.26 Å². The summed E-state index contributed by atoms with van der Waals surface area (Å²) in [6, 6.07) is 14.0. The van der Waals surface area contributed by atoms with E-state index in [1.807, 2.05) is 36.9 Å². The van der Waals surface area contributed by atoms with Gasteiger partial charge in [0.1, 0.15) is 18.3 Å². The zero-order chi connectivity index (χ0) is 26.4. The fourth-order valence-electron chi connectivity index (χ4n) is 4.81. The number of fused-ring (bicyclic) bond motifs is 1. The molecule has 1 fully saturated rings. The summed E-state index contributed by atoms with van der Waals surface area (Å²) in [7, 11) is 0. The predicted molar refractivity (Wildman–Crippen MR) is 142 cm³/mol. The first-order chi connectivity index (χ1) is 17.9. The Hall–Kier alpha value is -4.19. The number of aryl methyl sites for hydroxylation is 2. The maximum Gasteiger partial charge on any atom is 0.321 e. The van der Waals surface area contributed by atoms with Crippen LogP contribution in [0.1, 0.15) is 48.8 Å². The third kappa shape index (κ3) is 6.15. The minimum Gasteiger partial charge on any atom is -0.341 e. The number of aliphatic imine (C=N–C) groups is 1. The second kappa shape index (κ2) is 11.7. The molecule has 0 saturated carbocycles. The van der Waals surface area contributed by atoms with Gasteiger partial charge in [0.05, 0.1) is 5.69 Å². The molecule has 1 atom stereocenters. The zero-order valence-corrected chi connectivity index (χ0v) is 21.3. The van der Waals surface area contributed by atoms with Crippen LogP contribution in [0.5, 0.6) is 0 Å². The van der Waals surface area contributed by atoms with Crippen LogP contribution in [0.15, 0.2) is 47.5 Å². The van der Waals surface area contributed by atoms with Gasteiger partial charge >= 0.3 is 6.03 Å². The van der Waals surface area contributed by atoms with Crippen LogP contribution >= 0.6 is 0 Å². The Morgan fingerprint density at radius 2 is 1.76 bits per heavy atom. The van der Waals surface area contributed by atoms with E-state index in [2.05, 4.69) is 21.7 Å². The maximum absolute atomic E-state index is 13.8. The fraction of sp³-hybridized carbons (Fsp3) is 0.393. The molecule has 9 nitrogen and oxygen atoms in total. The molecule has 1 saturated heterocycles. The van der Waals surface area contributed by atoms with Gasteiger partial charge in [-0.25, -0.2) is 9.79 Å². The van der Waals surface area contributed by atoms with Crippen molar-refractivity contribution in [2.45, 2.75) is 52.1 Å². The summed E-state index contributed by atoms with van der Waals surface area (Å²) < 4.78 is 0. The van der Waals surface area contributed by atoms with Crippen LogP contribution in [-0.4, -0.2) is 54.3 Å². The van der Waals surface area contributed by atoms with Gasteiger partial charge in [-0.05, 0) is 56.0 Å². The van der Waals surface area contributed by atoms with Crippen LogP contribution in [0.3, 0.4) is 0 Å². The SMILES string of the molecule is Cc1cccc(NC(=O)NC2N=C(C#N)c3cccc(C)c3N(CC(=O)N3CCCCCCC3)C2=O)c1. The Kier molecular flexibility index (Phi) is 8.18. The summed E-state index contributed by atoms with van der Waals surface area (Å²) in [6.45, 7) is 4.85. The van der Waals surface area contributed by atoms with Gasteiger partial charge in [0.2, 0.25) is 12.1 Å². The highest BCUT2D eigenvalue weighted by molar-refractivity contribution is 6.20. The Morgan fingerprint density at radius 1 is 1.05 bits per heavy atom. The minimum absolute atomic E-state index is 0.0223. The number of benzene rings is 2. The lowest BCUT2D eigenvalue weighted by atomic mass is 10.0. The number of carbonyl (C=O) groups is 3. The van der Waals surface area contributed by atoms with Gasteiger partial charge in [0.15, 0.2) is 0 Å². The average molecular weight is 501 g/mol. The molecular weight excluding hydrogens is 468 g/mol. The number of nitrogens with one attached hydrogen (secondary N) is 2. The van der Waals surface area contributed by atoms with Crippen LogP contribution < -0.4 is 15.5 Å². The molecule has 2 aliphatic rings. The number of hydrogen-bond donors (Lipinski definition) is 2. The monoisotopic (exact) mass is 500 g/mol. The minimum atomic E-state index is -1.37. The van der Waals surface area contributed by atoms with Gasteiger partial charge in [-0.1, -0.05) is 43.5 Å². The highest BCUT2D eigenvalue weighted by atomic mass is 16.2. The number of urea groups is 1. The molecule has 0 aromatic heterocycles. The topological polar surface area (TPSA) is 118 Å². The normalized spacial score (nSPS) is 17.9. The molecular formula is C28H32N6O3. The Balaban J connectivity index is 1.63. The molecule has 2 N–H and O–H groups in total. The molecule has 192 valence electrons. The first-order valence-electron chi connectivity index (χ1n) is 12.7. The van der Waals surface area contributed by atoms with Gasteiger partial charge in [0.25, 0.3) is 5.91 Å². The van der Waals surface area contributed by atoms with Crippen molar-refractivity contribution < 1.29 is 14.4 Å².